The predicted molar refractivity (Wildman–Crippen MR) is 108 cm³/mol. The molecule has 3 rings (SSSR count). The van der Waals surface area contributed by atoms with E-state index in [2.05, 4.69) is 10.6 Å². The van der Waals surface area contributed by atoms with Gasteiger partial charge in [-0.25, -0.2) is 4.39 Å². The van der Waals surface area contributed by atoms with Crippen LogP contribution >= 0.6 is 11.6 Å². The summed E-state index contributed by atoms with van der Waals surface area (Å²) in [5.74, 6) is -1.01. The van der Waals surface area contributed by atoms with E-state index in [9.17, 15) is 14.0 Å². The fourth-order valence-electron chi connectivity index (χ4n) is 2.64. The molecule has 0 aromatic heterocycles. The van der Waals surface area contributed by atoms with Crippen molar-refractivity contribution in [2.24, 2.45) is 0 Å². The Hall–Kier alpha value is -3.18. The van der Waals surface area contributed by atoms with Gasteiger partial charge in [0, 0.05) is 16.8 Å². The van der Waals surface area contributed by atoms with Crippen LogP contribution in [0.5, 0.6) is 0 Å². The number of hydrogen-bond acceptors (Lipinski definition) is 2. The molecule has 0 aliphatic rings. The highest BCUT2D eigenvalue weighted by Crippen LogP contribution is 2.21. The van der Waals surface area contributed by atoms with Crippen LogP contribution in [0.2, 0.25) is 5.02 Å². The average Bonchev–Trinajstić information content (AvgIpc) is 2.71. The Labute approximate surface area is 167 Å². The number of carbonyl (C=O) groups excluding carboxylic acids is 2. The van der Waals surface area contributed by atoms with Crippen LogP contribution in [0, 0.1) is 5.82 Å². The maximum Gasteiger partial charge on any atom is 0.255 e. The van der Waals surface area contributed by atoms with Gasteiger partial charge in [0.2, 0.25) is 0 Å². The second-order valence-corrected chi connectivity index (χ2v) is 6.67. The summed E-state index contributed by atoms with van der Waals surface area (Å²) in [4.78, 5) is 24.6. The molecule has 0 spiro atoms. The summed E-state index contributed by atoms with van der Waals surface area (Å²) in [6.45, 7) is 1.79. The first-order chi connectivity index (χ1) is 13.4. The van der Waals surface area contributed by atoms with E-state index in [4.69, 9.17) is 11.6 Å². The van der Waals surface area contributed by atoms with E-state index < -0.39 is 5.82 Å². The molecule has 0 radical (unpaired) electrons. The zero-order valence-electron chi connectivity index (χ0n) is 15.1. The molecule has 2 N–H and O–H groups in total. The number of anilines is 1. The lowest BCUT2D eigenvalue weighted by molar-refractivity contribution is 0.0939. The fourth-order valence-corrected chi connectivity index (χ4v) is 2.83. The highest BCUT2D eigenvalue weighted by Gasteiger charge is 2.13. The number of benzene rings is 3. The third-order valence-corrected chi connectivity index (χ3v) is 4.52. The Morgan fingerprint density at radius 2 is 1.54 bits per heavy atom. The van der Waals surface area contributed by atoms with Gasteiger partial charge in [0.1, 0.15) is 5.82 Å². The standard InChI is InChI=1S/C22H18ClFN2O2/c1-14(17-9-12-20(24)19(23)13-17)25-21(27)16-7-10-18(11-8-16)26-22(28)15-5-3-2-4-6-15/h2-14H,1H3,(H,25,27)(H,26,28). The van der Waals surface area contributed by atoms with Gasteiger partial charge in [0.15, 0.2) is 0 Å². The number of amides is 2. The van der Waals surface area contributed by atoms with Gasteiger partial charge >= 0.3 is 0 Å². The van der Waals surface area contributed by atoms with Crippen molar-refractivity contribution in [2.75, 3.05) is 5.32 Å². The predicted octanol–water partition coefficient (Wildman–Crippen LogP) is 5.22. The fraction of sp³-hybridized carbons (Fsp3) is 0.0909. The number of hydrogen-bond donors (Lipinski definition) is 2. The van der Waals surface area contributed by atoms with Gasteiger partial charge in [-0.3, -0.25) is 9.59 Å². The number of carbonyl (C=O) groups is 2. The van der Waals surface area contributed by atoms with Crippen molar-refractivity contribution < 1.29 is 14.0 Å². The van der Waals surface area contributed by atoms with Gasteiger partial charge in [-0.1, -0.05) is 35.9 Å². The van der Waals surface area contributed by atoms with E-state index in [-0.39, 0.29) is 22.9 Å². The Morgan fingerprint density at radius 1 is 0.893 bits per heavy atom. The molecule has 142 valence electrons. The molecule has 3 aromatic rings. The van der Waals surface area contributed by atoms with Gasteiger partial charge in [0.05, 0.1) is 11.1 Å². The van der Waals surface area contributed by atoms with Crippen LogP contribution in [0.3, 0.4) is 0 Å². The Balaban J connectivity index is 1.63. The van der Waals surface area contributed by atoms with Gasteiger partial charge in [-0.2, -0.15) is 0 Å². The summed E-state index contributed by atoms with van der Waals surface area (Å²) >= 11 is 5.79. The quantitative estimate of drug-likeness (QED) is 0.621. The number of rotatable bonds is 5. The topological polar surface area (TPSA) is 58.2 Å². The number of halogens is 2. The lowest BCUT2D eigenvalue weighted by Gasteiger charge is -2.15. The second-order valence-electron chi connectivity index (χ2n) is 6.27. The summed E-state index contributed by atoms with van der Waals surface area (Å²) in [5.41, 5.74) is 2.28. The van der Waals surface area contributed by atoms with Crippen LogP contribution in [0.1, 0.15) is 39.2 Å². The SMILES string of the molecule is CC(NC(=O)c1ccc(NC(=O)c2ccccc2)cc1)c1ccc(F)c(Cl)c1. The van der Waals surface area contributed by atoms with Crippen LogP contribution in [-0.2, 0) is 0 Å². The minimum atomic E-state index is -0.503. The van der Waals surface area contributed by atoms with Crippen LogP contribution < -0.4 is 10.6 Å². The molecule has 1 unspecified atom stereocenters. The summed E-state index contributed by atoms with van der Waals surface area (Å²) in [6, 6.07) is 19.4. The summed E-state index contributed by atoms with van der Waals surface area (Å²) in [6.07, 6.45) is 0. The van der Waals surface area contributed by atoms with Crippen molar-refractivity contribution in [3.05, 3.63) is 100 Å². The van der Waals surface area contributed by atoms with Crippen molar-refractivity contribution in [1.82, 2.24) is 5.32 Å². The summed E-state index contributed by atoms with van der Waals surface area (Å²) in [5, 5.41) is 5.63. The molecule has 0 bridgehead atoms. The molecule has 0 heterocycles. The first kappa shape index (κ1) is 19.6. The normalized spacial score (nSPS) is 11.5. The molecular formula is C22H18ClFN2O2. The van der Waals surface area contributed by atoms with Crippen molar-refractivity contribution in [3.8, 4) is 0 Å². The van der Waals surface area contributed by atoms with E-state index in [0.717, 1.165) is 0 Å². The smallest absolute Gasteiger partial charge is 0.255 e. The molecule has 28 heavy (non-hydrogen) atoms. The van der Waals surface area contributed by atoms with Crippen molar-refractivity contribution >= 4 is 29.1 Å². The van der Waals surface area contributed by atoms with Crippen molar-refractivity contribution in [3.63, 3.8) is 0 Å². The van der Waals surface area contributed by atoms with E-state index in [1.54, 1.807) is 61.5 Å². The molecule has 0 saturated carbocycles. The zero-order valence-corrected chi connectivity index (χ0v) is 15.8. The maximum atomic E-state index is 13.3. The van der Waals surface area contributed by atoms with Crippen molar-refractivity contribution in [1.29, 1.82) is 0 Å². The molecule has 1 atom stereocenters. The van der Waals surface area contributed by atoms with E-state index in [0.29, 0.717) is 22.4 Å². The van der Waals surface area contributed by atoms with Crippen LogP contribution in [0.4, 0.5) is 10.1 Å². The van der Waals surface area contributed by atoms with Gasteiger partial charge in [0.25, 0.3) is 11.8 Å². The Morgan fingerprint density at radius 3 is 2.18 bits per heavy atom. The molecule has 0 fully saturated rings. The monoisotopic (exact) mass is 396 g/mol. The Bertz CT molecular complexity index is 991. The van der Waals surface area contributed by atoms with Gasteiger partial charge in [-0.05, 0) is 61.0 Å². The molecule has 6 heteroatoms. The van der Waals surface area contributed by atoms with Gasteiger partial charge in [-0.15, -0.1) is 0 Å². The van der Waals surface area contributed by atoms with E-state index in [1.165, 1.54) is 12.1 Å². The lowest BCUT2D eigenvalue weighted by atomic mass is 10.1. The summed E-state index contributed by atoms with van der Waals surface area (Å²) < 4.78 is 13.3. The van der Waals surface area contributed by atoms with Crippen molar-refractivity contribution in [2.45, 2.75) is 13.0 Å². The molecule has 4 nitrogen and oxygen atoms in total. The third kappa shape index (κ3) is 4.75. The first-order valence-electron chi connectivity index (χ1n) is 8.66. The minimum absolute atomic E-state index is 0.0112. The first-order valence-corrected chi connectivity index (χ1v) is 9.04. The van der Waals surface area contributed by atoms with Crippen LogP contribution in [-0.4, -0.2) is 11.8 Å². The average molecular weight is 397 g/mol. The molecular weight excluding hydrogens is 379 g/mol. The highest BCUT2D eigenvalue weighted by molar-refractivity contribution is 6.30. The number of nitrogens with one attached hydrogen (secondary N) is 2. The lowest BCUT2D eigenvalue weighted by Crippen LogP contribution is -2.26. The van der Waals surface area contributed by atoms with E-state index in [1.807, 2.05) is 6.07 Å². The molecule has 0 saturated heterocycles. The molecule has 0 aliphatic carbocycles. The van der Waals surface area contributed by atoms with E-state index >= 15 is 0 Å². The third-order valence-electron chi connectivity index (χ3n) is 4.23. The van der Waals surface area contributed by atoms with Gasteiger partial charge < -0.3 is 10.6 Å². The van der Waals surface area contributed by atoms with Crippen LogP contribution in [0.25, 0.3) is 0 Å². The molecule has 0 aliphatic heterocycles. The maximum absolute atomic E-state index is 13.3. The zero-order chi connectivity index (χ0) is 20.1. The molecule has 2 amide bonds. The second kappa shape index (κ2) is 8.67. The minimum Gasteiger partial charge on any atom is -0.346 e. The Kier molecular flexibility index (Phi) is 6.06. The van der Waals surface area contributed by atoms with Crippen LogP contribution in [0.15, 0.2) is 72.8 Å². The summed E-state index contributed by atoms with van der Waals surface area (Å²) in [7, 11) is 0. The molecule has 3 aromatic carbocycles. The highest BCUT2D eigenvalue weighted by atomic mass is 35.5. The largest absolute Gasteiger partial charge is 0.346 e.